The molecule has 1 aromatic rings. The van der Waals surface area contributed by atoms with E-state index in [-0.39, 0.29) is 11.7 Å². The summed E-state index contributed by atoms with van der Waals surface area (Å²) < 4.78 is 12.7. The molecule has 0 aliphatic carbocycles. The number of hydrogen-bond donors (Lipinski definition) is 2. The van der Waals surface area contributed by atoms with E-state index in [1.165, 1.54) is 12.1 Å². The third-order valence-corrected chi connectivity index (χ3v) is 3.04. The maximum Gasteiger partial charge on any atom is 0.220 e. The molecule has 2 N–H and O–H groups in total. The zero-order valence-electron chi connectivity index (χ0n) is 9.71. The molecule has 1 fully saturated rings. The van der Waals surface area contributed by atoms with Gasteiger partial charge in [0, 0.05) is 13.0 Å². The van der Waals surface area contributed by atoms with Crippen LogP contribution < -0.4 is 10.6 Å². The van der Waals surface area contributed by atoms with Gasteiger partial charge in [-0.25, -0.2) is 4.39 Å². The van der Waals surface area contributed by atoms with Crippen molar-refractivity contribution in [2.75, 3.05) is 13.1 Å². The van der Waals surface area contributed by atoms with E-state index in [9.17, 15) is 9.18 Å². The van der Waals surface area contributed by atoms with Gasteiger partial charge in [-0.05, 0) is 43.1 Å². The Hall–Kier alpha value is -1.42. The third kappa shape index (κ3) is 3.82. The van der Waals surface area contributed by atoms with Gasteiger partial charge in [-0.15, -0.1) is 0 Å². The number of nitrogens with one attached hydrogen (secondary N) is 2. The van der Waals surface area contributed by atoms with Crippen molar-refractivity contribution in [2.45, 2.75) is 19.4 Å². The average molecular weight is 236 g/mol. The molecule has 1 aromatic carbocycles. The molecule has 0 bridgehead atoms. The molecule has 0 unspecified atom stereocenters. The van der Waals surface area contributed by atoms with Crippen LogP contribution in [0.4, 0.5) is 4.39 Å². The second kappa shape index (κ2) is 5.77. The maximum atomic E-state index is 12.7. The molecule has 92 valence electrons. The van der Waals surface area contributed by atoms with Gasteiger partial charge in [-0.1, -0.05) is 12.1 Å². The number of carbonyl (C=O) groups excluding carboxylic acids is 1. The Kier molecular flexibility index (Phi) is 4.09. The van der Waals surface area contributed by atoms with E-state index >= 15 is 0 Å². The molecule has 17 heavy (non-hydrogen) atoms. The van der Waals surface area contributed by atoms with Crippen molar-refractivity contribution in [3.63, 3.8) is 0 Å². The van der Waals surface area contributed by atoms with E-state index in [2.05, 4.69) is 10.6 Å². The minimum Gasteiger partial charge on any atom is -0.352 e. The average Bonchev–Trinajstić information content (AvgIpc) is 2.81. The van der Waals surface area contributed by atoms with Gasteiger partial charge in [0.25, 0.3) is 0 Å². The Morgan fingerprint density at radius 2 is 2.18 bits per heavy atom. The maximum absolute atomic E-state index is 12.7. The normalized spacial score (nSPS) is 19.2. The molecule has 2 rings (SSSR count). The lowest BCUT2D eigenvalue weighted by Gasteiger charge is -2.09. The second-order valence-electron chi connectivity index (χ2n) is 4.47. The van der Waals surface area contributed by atoms with Crippen molar-refractivity contribution in [3.05, 3.63) is 35.6 Å². The number of amides is 1. The van der Waals surface area contributed by atoms with Crippen LogP contribution in [-0.4, -0.2) is 19.0 Å². The zero-order chi connectivity index (χ0) is 12.1. The van der Waals surface area contributed by atoms with Crippen molar-refractivity contribution < 1.29 is 9.18 Å². The van der Waals surface area contributed by atoms with Crippen LogP contribution >= 0.6 is 0 Å². The van der Waals surface area contributed by atoms with Gasteiger partial charge < -0.3 is 10.6 Å². The van der Waals surface area contributed by atoms with Crippen molar-refractivity contribution in [1.82, 2.24) is 10.6 Å². The minimum absolute atomic E-state index is 0.0722. The van der Waals surface area contributed by atoms with Gasteiger partial charge in [0.2, 0.25) is 5.91 Å². The second-order valence-corrected chi connectivity index (χ2v) is 4.47. The largest absolute Gasteiger partial charge is 0.352 e. The number of benzene rings is 1. The predicted octanol–water partition coefficient (Wildman–Crippen LogP) is 1.44. The van der Waals surface area contributed by atoms with E-state index in [0.717, 1.165) is 25.1 Å². The highest BCUT2D eigenvalue weighted by Gasteiger charge is 2.17. The molecule has 0 aromatic heterocycles. The lowest BCUT2D eigenvalue weighted by Crippen LogP contribution is -2.25. The smallest absolute Gasteiger partial charge is 0.220 e. The fourth-order valence-electron chi connectivity index (χ4n) is 2.03. The van der Waals surface area contributed by atoms with Crippen LogP contribution in [0.5, 0.6) is 0 Å². The zero-order valence-corrected chi connectivity index (χ0v) is 9.71. The Bertz CT molecular complexity index is 372. The number of hydrogen-bond acceptors (Lipinski definition) is 2. The number of carbonyl (C=O) groups is 1. The van der Waals surface area contributed by atoms with Crippen LogP contribution in [-0.2, 0) is 11.3 Å². The highest BCUT2D eigenvalue weighted by molar-refractivity contribution is 5.76. The first-order chi connectivity index (χ1) is 8.24. The first-order valence-electron chi connectivity index (χ1n) is 5.96. The van der Waals surface area contributed by atoms with Gasteiger partial charge in [0.15, 0.2) is 0 Å². The molecule has 0 spiro atoms. The van der Waals surface area contributed by atoms with Crippen LogP contribution in [0.25, 0.3) is 0 Å². The fourth-order valence-corrected chi connectivity index (χ4v) is 2.03. The molecule has 1 atom stereocenters. The number of halogens is 1. The highest BCUT2D eigenvalue weighted by atomic mass is 19.1. The summed E-state index contributed by atoms with van der Waals surface area (Å²) in [6.45, 7) is 2.42. The van der Waals surface area contributed by atoms with Crippen LogP contribution in [0, 0.1) is 11.7 Å². The molecule has 0 saturated carbocycles. The van der Waals surface area contributed by atoms with Crippen molar-refractivity contribution in [2.24, 2.45) is 5.92 Å². The van der Waals surface area contributed by atoms with Gasteiger partial charge >= 0.3 is 0 Å². The molecule has 1 saturated heterocycles. The summed E-state index contributed by atoms with van der Waals surface area (Å²) >= 11 is 0. The summed E-state index contributed by atoms with van der Waals surface area (Å²) in [4.78, 5) is 11.6. The van der Waals surface area contributed by atoms with Gasteiger partial charge in [-0.3, -0.25) is 4.79 Å². The molecule has 0 radical (unpaired) electrons. The summed E-state index contributed by atoms with van der Waals surface area (Å²) in [5.74, 6) is 0.281. The minimum atomic E-state index is -0.253. The fraction of sp³-hybridized carbons (Fsp3) is 0.462. The standard InChI is InChI=1S/C13H17FN2O/c14-12-3-1-10(2-4-12)9-16-13(17)7-11-5-6-15-8-11/h1-4,11,15H,5-9H2,(H,16,17)/t11-/m1/s1. The Morgan fingerprint density at radius 3 is 2.82 bits per heavy atom. The van der Waals surface area contributed by atoms with Crippen LogP contribution in [0.1, 0.15) is 18.4 Å². The molecule has 1 heterocycles. The highest BCUT2D eigenvalue weighted by Crippen LogP contribution is 2.11. The quantitative estimate of drug-likeness (QED) is 0.830. The van der Waals surface area contributed by atoms with Crippen molar-refractivity contribution in [3.8, 4) is 0 Å². The SMILES string of the molecule is O=C(C[C@H]1CCNC1)NCc1ccc(F)cc1. The topological polar surface area (TPSA) is 41.1 Å². The Morgan fingerprint density at radius 1 is 1.41 bits per heavy atom. The van der Waals surface area contributed by atoms with Gasteiger partial charge in [0.05, 0.1) is 0 Å². The summed E-state index contributed by atoms with van der Waals surface area (Å²) in [5, 5.41) is 6.09. The number of rotatable bonds is 4. The lowest BCUT2D eigenvalue weighted by atomic mass is 10.0. The first-order valence-corrected chi connectivity index (χ1v) is 5.96. The molecule has 3 nitrogen and oxygen atoms in total. The molecular formula is C13H17FN2O. The Balaban J connectivity index is 1.73. The van der Waals surface area contributed by atoms with Crippen molar-refractivity contribution in [1.29, 1.82) is 0 Å². The summed E-state index contributed by atoms with van der Waals surface area (Å²) in [5.41, 5.74) is 0.921. The monoisotopic (exact) mass is 236 g/mol. The first kappa shape index (κ1) is 12.0. The molecule has 1 aliphatic rings. The van der Waals surface area contributed by atoms with E-state index in [4.69, 9.17) is 0 Å². The molecule has 4 heteroatoms. The lowest BCUT2D eigenvalue weighted by molar-refractivity contribution is -0.122. The molecule has 1 aliphatic heterocycles. The van der Waals surface area contributed by atoms with Crippen LogP contribution in [0.3, 0.4) is 0 Å². The molecular weight excluding hydrogens is 219 g/mol. The van der Waals surface area contributed by atoms with E-state index < -0.39 is 0 Å². The molecule has 1 amide bonds. The third-order valence-electron chi connectivity index (χ3n) is 3.04. The predicted molar refractivity (Wildman–Crippen MR) is 63.8 cm³/mol. The van der Waals surface area contributed by atoms with Crippen LogP contribution in [0.15, 0.2) is 24.3 Å². The Labute approximate surface area is 100 Å². The van der Waals surface area contributed by atoms with E-state index in [0.29, 0.717) is 18.9 Å². The van der Waals surface area contributed by atoms with E-state index in [1.54, 1.807) is 12.1 Å². The van der Waals surface area contributed by atoms with E-state index in [1.807, 2.05) is 0 Å². The summed E-state index contributed by atoms with van der Waals surface area (Å²) in [7, 11) is 0. The summed E-state index contributed by atoms with van der Waals surface area (Å²) in [6, 6.07) is 6.18. The summed E-state index contributed by atoms with van der Waals surface area (Å²) in [6.07, 6.45) is 1.65. The van der Waals surface area contributed by atoms with Crippen molar-refractivity contribution >= 4 is 5.91 Å². The van der Waals surface area contributed by atoms with Gasteiger partial charge in [0.1, 0.15) is 5.82 Å². The van der Waals surface area contributed by atoms with Gasteiger partial charge in [-0.2, -0.15) is 0 Å². The van der Waals surface area contributed by atoms with Crippen LogP contribution in [0.2, 0.25) is 0 Å².